The number of pyridine rings is 1. The first kappa shape index (κ1) is 16.1. The zero-order chi connectivity index (χ0) is 18.2. The van der Waals surface area contributed by atoms with Crippen LogP contribution in [0, 0.1) is 6.92 Å². The molecular formula is C21H21N5O. The molecule has 1 saturated heterocycles. The molecule has 5 rings (SSSR count). The van der Waals surface area contributed by atoms with Gasteiger partial charge in [0.05, 0.1) is 35.6 Å². The maximum Gasteiger partial charge on any atom is 0.156 e. The van der Waals surface area contributed by atoms with Crippen molar-refractivity contribution in [3.8, 4) is 17.1 Å². The van der Waals surface area contributed by atoms with E-state index in [0.717, 1.165) is 60.1 Å². The molecule has 4 heterocycles. The highest BCUT2D eigenvalue weighted by Gasteiger charge is 2.17. The fourth-order valence-electron chi connectivity index (χ4n) is 3.59. The van der Waals surface area contributed by atoms with Crippen LogP contribution >= 0.6 is 0 Å². The van der Waals surface area contributed by atoms with E-state index in [1.807, 2.05) is 29.2 Å². The second-order valence-corrected chi connectivity index (χ2v) is 6.85. The van der Waals surface area contributed by atoms with Crippen molar-refractivity contribution in [2.45, 2.75) is 6.92 Å². The lowest BCUT2D eigenvalue weighted by atomic mass is 10.1. The van der Waals surface area contributed by atoms with E-state index in [1.54, 1.807) is 0 Å². The van der Waals surface area contributed by atoms with Gasteiger partial charge in [0, 0.05) is 37.1 Å². The molecule has 1 aliphatic rings. The quantitative estimate of drug-likeness (QED) is 0.608. The summed E-state index contributed by atoms with van der Waals surface area (Å²) in [5, 5.41) is 4.77. The molecule has 4 aromatic rings. The number of rotatable bonds is 3. The van der Waals surface area contributed by atoms with Crippen molar-refractivity contribution in [2.24, 2.45) is 0 Å². The van der Waals surface area contributed by atoms with Crippen LogP contribution in [0.1, 0.15) is 5.56 Å². The minimum Gasteiger partial charge on any atom is -0.378 e. The number of aryl methyl sites for hydroxylation is 1. The summed E-state index contributed by atoms with van der Waals surface area (Å²) in [5.41, 5.74) is 6.44. The van der Waals surface area contributed by atoms with E-state index in [9.17, 15) is 0 Å². The second-order valence-electron chi connectivity index (χ2n) is 6.85. The second kappa shape index (κ2) is 6.55. The van der Waals surface area contributed by atoms with E-state index in [2.05, 4.69) is 47.1 Å². The van der Waals surface area contributed by atoms with Crippen LogP contribution < -0.4 is 4.90 Å². The van der Waals surface area contributed by atoms with Crippen LogP contribution in [-0.2, 0) is 4.74 Å². The minimum atomic E-state index is 0.749. The Morgan fingerprint density at radius 3 is 2.81 bits per heavy atom. The Morgan fingerprint density at radius 1 is 1.07 bits per heavy atom. The van der Waals surface area contributed by atoms with Gasteiger partial charge in [0.15, 0.2) is 5.82 Å². The van der Waals surface area contributed by atoms with E-state index < -0.39 is 0 Å². The van der Waals surface area contributed by atoms with E-state index in [-0.39, 0.29) is 0 Å². The number of hydrogen-bond donors (Lipinski definition) is 1. The molecule has 1 aliphatic heterocycles. The van der Waals surface area contributed by atoms with Gasteiger partial charge in [0.2, 0.25) is 0 Å². The lowest BCUT2D eigenvalue weighted by Gasteiger charge is -2.29. The number of ether oxygens (including phenoxy) is 1. The van der Waals surface area contributed by atoms with Crippen molar-refractivity contribution in [1.29, 1.82) is 0 Å². The predicted molar refractivity (Wildman–Crippen MR) is 106 cm³/mol. The molecule has 1 N–H and O–H groups in total. The third-order valence-electron chi connectivity index (χ3n) is 4.97. The standard InChI is InChI=1S/C21H21N5O/c1-15-3-2-4-16(13-15)17-6-8-26(24-17)20-14-19(25-9-11-27-12-10-25)21-18(23-20)5-7-22-21/h2-8,13-14,22H,9-12H2,1H3. The first-order chi connectivity index (χ1) is 13.3. The van der Waals surface area contributed by atoms with Gasteiger partial charge in [0.1, 0.15) is 0 Å². The van der Waals surface area contributed by atoms with E-state index >= 15 is 0 Å². The molecular weight excluding hydrogens is 338 g/mol. The summed E-state index contributed by atoms with van der Waals surface area (Å²) < 4.78 is 7.36. The average Bonchev–Trinajstić information content (AvgIpc) is 3.37. The molecule has 27 heavy (non-hydrogen) atoms. The van der Waals surface area contributed by atoms with Crippen LogP contribution in [0.2, 0.25) is 0 Å². The van der Waals surface area contributed by atoms with E-state index in [4.69, 9.17) is 14.8 Å². The Morgan fingerprint density at radius 2 is 1.96 bits per heavy atom. The highest BCUT2D eigenvalue weighted by Crippen LogP contribution is 2.28. The molecule has 0 bridgehead atoms. The Hall–Kier alpha value is -3.12. The number of nitrogens with zero attached hydrogens (tertiary/aromatic N) is 4. The molecule has 0 saturated carbocycles. The zero-order valence-electron chi connectivity index (χ0n) is 15.2. The number of aromatic nitrogens is 4. The topological polar surface area (TPSA) is 59.0 Å². The van der Waals surface area contributed by atoms with Gasteiger partial charge in [-0.25, -0.2) is 9.67 Å². The van der Waals surface area contributed by atoms with Gasteiger partial charge in [-0.2, -0.15) is 5.10 Å². The highest BCUT2D eigenvalue weighted by molar-refractivity contribution is 5.90. The molecule has 0 atom stereocenters. The first-order valence-corrected chi connectivity index (χ1v) is 9.22. The number of H-pyrrole nitrogens is 1. The summed E-state index contributed by atoms with van der Waals surface area (Å²) in [6.45, 7) is 5.35. The van der Waals surface area contributed by atoms with Crippen molar-refractivity contribution in [3.63, 3.8) is 0 Å². The van der Waals surface area contributed by atoms with Crippen molar-refractivity contribution in [3.05, 3.63) is 60.4 Å². The van der Waals surface area contributed by atoms with Gasteiger partial charge in [-0.05, 0) is 25.1 Å². The van der Waals surface area contributed by atoms with Gasteiger partial charge in [-0.3, -0.25) is 0 Å². The molecule has 3 aromatic heterocycles. The molecule has 0 radical (unpaired) electrons. The third kappa shape index (κ3) is 2.98. The highest BCUT2D eigenvalue weighted by atomic mass is 16.5. The van der Waals surface area contributed by atoms with Crippen LogP contribution in [-0.4, -0.2) is 46.1 Å². The summed E-state index contributed by atoms with van der Waals surface area (Å²) in [5.74, 6) is 0.822. The van der Waals surface area contributed by atoms with Gasteiger partial charge in [-0.1, -0.05) is 23.8 Å². The largest absolute Gasteiger partial charge is 0.378 e. The summed E-state index contributed by atoms with van der Waals surface area (Å²) in [6.07, 6.45) is 3.91. The number of benzene rings is 1. The number of fused-ring (bicyclic) bond motifs is 1. The smallest absolute Gasteiger partial charge is 0.156 e. The lowest BCUT2D eigenvalue weighted by molar-refractivity contribution is 0.123. The fourth-order valence-corrected chi connectivity index (χ4v) is 3.59. The number of morpholine rings is 1. The van der Waals surface area contributed by atoms with Crippen LogP contribution in [0.5, 0.6) is 0 Å². The summed E-state index contributed by atoms with van der Waals surface area (Å²) in [4.78, 5) is 10.5. The maximum atomic E-state index is 5.51. The predicted octanol–water partition coefficient (Wildman–Crippen LogP) is 3.56. The molecule has 6 heteroatoms. The molecule has 136 valence electrons. The summed E-state index contributed by atoms with van der Waals surface area (Å²) in [6, 6.07) is 14.5. The van der Waals surface area contributed by atoms with Gasteiger partial charge >= 0.3 is 0 Å². The van der Waals surface area contributed by atoms with Crippen LogP contribution in [0.4, 0.5) is 5.69 Å². The molecule has 6 nitrogen and oxygen atoms in total. The van der Waals surface area contributed by atoms with Crippen LogP contribution in [0.15, 0.2) is 54.9 Å². The van der Waals surface area contributed by atoms with E-state index in [1.165, 1.54) is 5.56 Å². The van der Waals surface area contributed by atoms with Gasteiger partial charge in [-0.15, -0.1) is 0 Å². The zero-order valence-corrected chi connectivity index (χ0v) is 15.2. The lowest BCUT2D eigenvalue weighted by Crippen LogP contribution is -2.36. The molecule has 1 aromatic carbocycles. The molecule has 0 aliphatic carbocycles. The fraction of sp³-hybridized carbons (Fsp3) is 0.238. The Balaban J connectivity index is 1.57. The Labute approximate surface area is 157 Å². The number of anilines is 1. The number of hydrogen-bond acceptors (Lipinski definition) is 4. The van der Waals surface area contributed by atoms with Crippen LogP contribution in [0.25, 0.3) is 28.1 Å². The van der Waals surface area contributed by atoms with E-state index in [0.29, 0.717) is 0 Å². The molecule has 0 spiro atoms. The van der Waals surface area contributed by atoms with Gasteiger partial charge < -0.3 is 14.6 Å². The normalized spacial score (nSPS) is 14.8. The molecule has 0 amide bonds. The third-order valence-corrected chi connectivity index (χ3v) is 4.97. The van der Waals surface area contributed by atoms with Crippen molar-refractivity contribution in [1.82, 2.24) is 19.7 Å². The first-order valence-electron chi connectivity index (χ1n) is 9.22. The van der Waals surface area contributed by atoms with Crippen LogP contribution in [0.3, 0.4) is 0 Å². The number of aromatic amines is 1. The van der Waals surface area contributed by atoms with Crippen molar-refractivity contribution < 1.29 is 4.74 Å². The maximum absolute atomic E-state index is 5.51. The molecule has 0 unspecified atom stereocenters. The summed E-state index contributed by atoms with van der Waals surface area (Å²) in [7, 11) is 0. The van der Waals surface area contributed by atoms with Gasteiger partial charge in [0.25, 0.3) is 0 Å². The monoisotopic (exact) mass is 359 g/mol. The SMILES string of the molecule is Cc1cccc(-c2ccn(-c3cc(N4CCOCC4)c4[nH]ccc4n3)n2)c1. The molecule has 1 fully saturated rings. The Kier molecular flexibility index (Phi) is 3.90. The summed E-state index contributed by atoms with van der Waals surface area (Å²) >= 11 is 0. The Bertz CT molecular complexity index is 1090. The minimum absolute atomic E-state index is 0.749. The average molecular weight is 359 g/mol. The number of nitrogens with one attached hydrogen (secondary N) is 1. The van der Waals surface area contributed by atoms with Crippen molar-refractivity contribution >= 4 is 16.7 Å². The van der Waals surface area contributed by atoms with Crippen molar-refractivity contribution in [2.75, 3.05) is 31.2 Å².